The van der Waals surface area contributed by atoms with Crippen LogP contribution in [0.3, 0.4) is 0 Å². The fourth-order valence-corrected chi connectivity index (χ4v) is 1.15. The molecule has 0 aliphatic rings. The Morgan fingerprint density at radius 1 is 1.44 bits per heavy atom. The summed E-state index contributed by atoms with van der Waals surface area (Å²) < 4.78 is 0. The van der Waals surface area contributed by atoms with E-state index in [0.717, 1.165) is 5.56 Å². The number of hydrogen-bond acceptors (Lipinski definition) is 6. The first-order chi connectivity index (χ1) is 7.60. The third-order valence-corrected chi connectivity index (χ3v) is 2.28. The van der Waals surface area contributed by atoms with Crippen LogP contribution >= 0.6 is 0 Å². The highest BCUT2D eigenvalue weighted by Gasteiger charge is 2.11. The summed E-state index contributed by atoms with van der Waals surface area (Å²) in [5, 5.41) is 37.3. The van der Waals surface area contributed by atoms with Crippen molar-refractivity contribution in [1.29, 1.82) is 5.26 Å². The molecule has 0 radical (unpaired) electrons. The van der Waals surface area contributed by atoms with Crippen LogP contribution < -0.4 is 5.32 Å². The molecular formula is C10H14N4O2. The van der Waals surface area contributed by atoms with Gasteiger partial charge >= 0.3 is 0 Å². The van der Waals surface area contributed by atoms with E-state index in [4.69, 9.17) is 15.5 Å². The molecule has 1 aromatic rings. The molecule has 0 aliphatic heterocycles. The average molecular weight is 222 g/mol. The van der Waals surface area contributed by atoms with Crippen LogP contribution in [-0.2, 0) is 0 Å². The standard InChI is InChI=1S/C10H14N4O2/c1-6-7(2)13-14-10(9(6)3-11)12-4-8(16)5-15/h8,15-16H,4-5H2,1-2H3,(H,12,14). The Morgan fingerprint density at radius 3 is 2.69 bits per heavy atom. The Kier molecular flexibility index (Phi) is 4.17. The molecule has 0 bridgehead atoms. The van der Waals surface area contributed by atoms with Gasteiger partial charge in [0.2, 0.25) is 0 Å². The van der Waals surface area contributed by atoms with E-state index in [0.29, 0.717) is 17.1 Å². The number of rotatable bonds is 4. The number of anilines is 1. The van der Waals surface area contributed by atoms with Gasteiger partial charge in [0, 0.05) is 6.54 Å². The van der Waals surface area contributed by atoms with Crippen molar-refractivity contribution in [3.05, 3.63) is 16.8 Å². The van der Waals surface area contributed by atoms with Crippen molar-refractivity contribution in [2.45, 2.75) is 20.0 Å². The Labute approximate surface area is 93.6 Å². The molecular weight excluding hydrogens is 208 g/mol. The number of aryl methyl sites for hydroxylation is 1. The number of aliphatic hydroxyl groups is 2. The Balaban J connectivity index is 2.89. The molecule has 1 heterocycles. The van der Waals surface area contributed by atoms with E-state index in [-0.39, 0.29) is 13.2 Å². The maximum Gasteiger partial charge on any atom is 0.167 e. The number of nitrogens with one attached hydrogen (secondary N) is 1. The zero-order valence-corrected chi connectivity index (χ0v) is 9.23. The van der Waals surface area contributed by atoms with Gasteiger partial charge in [-0.1, -0.05) is 0 Å². The third kappa shape index (κ3) is 2.66. The molecule has 1 atom stereocenters. The maximum atomic E-state index is 9.16. The zero-order valence-electron chi connectivity index (χ0n) is 9.23. The topological polar surface area (TPSA) is 102 Å². The summed E-state index contributed by atoms with van der Waals surface area (Å²) in [4.78, 5) is 0. The first-order valence-corrected chi connectivity index (χ1v) is 4.87. The van der Waals surface area contributed by atoms with Crippen molar-refractivity contribution < 1.29 is 10.2 Å². The molecule has 1 rings (SSSR count). The third-order valence-electron chi connectivity index (χ3n) is 2.28. The van der Waals surface area contributed by atoms with E-state index in [1.54, 1.807) is 13.8 Å². The highest BCUT2D eigenvalue weighted by molar-refractivity contribution is 5.55. The average Bonchev–Trinajstić information content (AvgIpc) is 2.30. The second-order valence-corrected chi connectivity index (χ2v) is 3.46. The van der Waals surface area contributed by atoms with Crippen LogP contribution in [0.2, 0.25) is 0 Å². The van der Waals surface area contributed by atoms with Crippen LogP contribution in [0.4, 0.5) is 5.82 Å². The Morgan fingerprint density at radius 2 is 2.12 bits per heavy atom. The lowest BCUT2D eigenvalue weighted by Crippen LogP contribution is -2.24. The van der Waals surface area contributed by atoms with E-state index in [1.165, 1.54) is 0 Å². The molecule has 0 fully saturated rings. The van der Waals surface area contributed by atoms with Gasteiger partial charge in [-0.3, -0.25) is 0 Å². The van der Waals surface area contributed by atoms with Gasteiger partial charge in [0.1, 0.15) is 11.6 Å². The summed E-state index contributed by atoms with van der Waals surface area (Å²) in [7, 11) is 0. The van der Waals surface area contributed by atoms with Crippen LogP contribution in [0, 0.1) is 25.2 Å². The summed E-state index contributed by atoms with van der Waals surface area (Å²) in [5.74, 6) is 0.332. The van der Waals surface area contributed by atoms with Crippen molar-refractivity contribution >= 4 is 5.82 Å². The van der Waals surface area contributed by atoms with E-state index >= 15 is 0 Å². The molecule has 0 amide bonds. The van der Waals surface area contributed by atoms with Gasteiger partial charge in [0.15, 0.2) is 5.82 Å². The lowest BCUT2D eigenvalue weighted by atomic mass is 10.1. The highest BCUT2D eigenvalue weighted by atomic mass is 16.3. The van der Waals surface area contributed by atoms with Gasteiger partial charge in [0.25, 0.3) is 0 Å². The van der Waals surface area contributed by atoms with Crippen LogP contribution in [-0.4, -0.2) is 39.7 Å². The number of nitrogens with zero attached hydrogens (tertiary/aromatic N) is 3. The van der Waals surface area contributed by atoms with Crippen molar-refractivity contribution in [3.8, 4) is 6.07 Å². The van der Waals surface area contributed by atoms with Gasteiger partial charge in [-0.15, -0.1) is 5.10 Å². The SMILES string of the molecule is Cc1nnc(NCC(O)CO)c(C#N)c1C. The zero-order chi connectivity index (χ0) is 12.1. The van der Waals surface area contributed by atoms with Crippen molar-refractivity contribution in [2.24, 2.45) is 0 Å². The number of aliphatic hydroxyl groups excluding tert-OH is 2. The van der Waals surface area contributed by atoms with Crippen LogP contribution in [0.25, 0.3) is 0 Å². The normalized spacial score (nSPS) is 11.9. The molecule has 1 aromatic heterocycles. The Bertz CT molecular complexity index is 414. The molecule has 86 valence electrons. The number of aromatic nitrogens is 2. The minimum Gasteiger partial charge on any atom is -0.394 e. The van der Waals surface area contributed by atoms with Crippen molar-refractivity contribution in [1.82, 2.24) is 10.2 Å². The first kappa shape index (κ1) is 12.4. The van der Waals surface area contributed by atoms with E-state index < -0.39 is 6.10 Å². The molecule has 0 saturated heterocycles. The molecule has 0 spiro atoms. The molecule has 16 heavy (non-hydrogen) atoms. The summed E-state index contributed by atoms with van der Waals surface area (Å²) in [6.07, 6.45) is -0.880. The molecule has 6 nitrogen and oxygen atoms in total. The predicted octanol–water partition coefficient (Wildman–Crippen LogP) is -0.270. The summed E-state index contributed by atoms with van der Waals surface area (Å²) in [5.41, 5.74) is 1.88. The number of hydrogen-bond donors (Lipinski definition) is 3. The smallest absolute Gasteiger partial charge is 0.167 e. The predicted molar refractivity (Wildman–Crippen MR) is 57.8 cm³/mol. The van der Waals surface area contributed by atoms with Crippen LogP contribution in [0.5, 0.6) is 0 Å². The van der Waals surface area contributed by atoms with Crippen LogP contribution in [0.1, 0.15) is 16.8 Å². The van der Waals surface area contributed by atoms with Gasteiger partial charge in [-0.2, -0.15) is 10.4 Å². The molecule has 0 saturated carbocycles. The van der Waals surface area contributed by atoms with Crippen LogP contribution in [0.15, 0.2) is 0 Å². The van der Waals surface area contributed by atoms with E-state index in [1.807, 2.05) is 6.07 Å². The molecule has 0 aliphatic carbocycles. The Hall–Kier alpha value is -1.71. The monoisotopic (exact) mass is 222 g/mol. The molecule has 3 N–H and O–H groups in total. The maximum absolute atomic E-state index is 9.16. The molecule has 0 aromatic carbocycles. The van der Waals surface area contributed by atoms with Crippen molar-refractivity contribution in [3.63, 3.8) is 0 Å². The summed E-state index contributed by atoms with van der Waals surface area (Å²) in [6.45, 7) is 3.35. The molecule has 1 unspecified atom stereocenters. The fourth-order valence-electron chi connectivity index (χ4n) is 1.15. The fraction of sp³-hybridized carbons (Fsp3) is 0.500. The molecule has 6 heteroatoms. The van der Waals surface area contributed by atoms with Gasteiger partial charge in [0.05, 0.1) is 18.4 Å². The lowest BCUT2D eigenvalue weighted by Gasteiger charge is -2.11. The first-order valence-electron chi connectivity index (χ1n) is 4.87. The number of nitriles is 1. The second kappa shape index (κ2) is 5.39. The van der Waals surface area contributed by atoms with E-state index in [9.17, 15) is 0 Å². The largest absolute Gasteiger partial charge is 0.394 e. The second-order valence-electron chi connectivity index (χ2n) is 3.46. The van der Waals surface area contributed by atoms with Crippen molar-refractivity contribution in [2.75, 3.05) is 18.5 Å². The van der Waals surface area contributed by atoms with Gasteiger partial charge < -0.3 is 15.5 Å². The van der Waals surface area contributed by atoms with Gasteiger partial charge in [-0.25, -0.2) is 0 Å². The summed E-state index contributed by atoms with van der Waals surface area (Å²) >= 11 is 0. The minimum absolute atomic E-state index is 0.127. The van der Waals surface area contributed by atoms with E-state index in [2.05, 4.69) is 15.5 Å². The summed E-state index contributed by atoms with van der Waals surface area (Å²) in [6, 6.07) is 2.04. The lowest BCUT2D eigenvalue weighted by molar-refractivity contribution is 0.105. The minimum atomic E-state index is -0.880. The van der Waals surface area contributed by atoms with Gasteiger partial charge in [-0.05, 0) is 19.4 Å². The highest BCUT2D eigenvalue weighted by Crippen LogP contribution is 2.16. The quantitative estimate of drug-likeness (QED) is 0.648.